The van der Waals surface area contributed by atoms with Crippen LogP contribution in [0.3, 0.4) is 0 Å². The van der Waals surface area contributed by atoms with Crippen molar-refractivity contribution in [3.8, 4) is 22.3 Å². The van der Waals surface area contributed by atoms with E-state index in [9.17, 15) is 0 Å². The molecular formula is C25H18O. The van der Waals surface area contributed by atoms with Gasteiger partial charge in [0.25, 0.3) is 0 Å². The highest BCUT2D eigenvalue weighted by molar-refractivity contribution is 5.93. The van der Waals surface area contributed by atoms with Gasteiger partial charge in [0.2, 0.25) is 0 Å². The first kappa shape index (κ1) is 15.0. The molecule has 124 valence electrons. The molecule has 0 spiro atoms. The van der Waals surface area contributed by atoms with Crippen molar-refractivity contribution in [2.75, 3.05) is 0 Å². The van der Waals surface area contributed by atoms with Crippen molar-refractivity contribution in [2.24, 2.45) is 0 Å². The molecular weight excluding hydrogens is 316 g/mol. The van der Waals surface area contributed by atoms with Crippen LogP contribution in [0.2, 0.25) is 0 Å². The van der Waals surface area contributed by atoms with E-state index in [2.05, 4.69) is 72.8 Å². The summed E-state index contributed by atoms with van der Waals surface area (Å²) in [5, 5.41) is 0. The molecule has 1 heteroatoms. The number of allylic oxidation sites excluding steroid dienone is 1. The molecule has 0 N–H and O–H groups in total. The Bertz CT molecular complexity index is 1070. The van der Waals surface area contributed by atoms with Crippen LogP contribution >= 0.6 is 0 Å². The lowest BCUT2D eigenvalue weighted by Gasteiger charge is -2.09. The van der Waals surface area contributed by atoms with Gasteiger partial charge in [-0.1, -0.05) is 72.8 Å². The van der Waals surface area contributed by atoms with Crippen molar-refractivity contribution >= 4 is 11.6 Å². The zero-order valence-electron chi connectivity index (χ0n) is 14.4. The Morgan fingerprint density at radius 1 is 0.615 bits per heavy atom. The number of hydrogen-bond acceptors (Lipinski definition) is 1. The van der Waals surface area contributed by atoms with E-state index in [1.165, 1.54) is 39.0 Å². The molecule has 0 saturated carbocycles. The molecule has 0 bridgehead atoms. The lowest BCUT2D eigenvalue weighted by atomic mass is 9.95. The standard InChI is InChI=1S/C25H18O/c1-2-6-18(7-3-1)19-11-13-20(14-12-19)23-9-4-8-21-16-22(17-24(21)23)25-10-5-15-26-25/h1-15,17H,16H2. The Morgan fingerprint density at radius 2 is 1.38 bits per heavy atom. The molecule has 1 aliphatic rings. The Kier molecular flexibility index (Phi) is 3.57. The normalized spacial score (nSPS) is 12.7. The number of furan rings is 1. The van der Waals surface area contributed by atoms with Gasteiger partial charge in [0, 0.05) is 6.42 Å². The van der Waals surface area contributed by atoms with Crippen molar-refractivity contribution in [2.45, 2.75) is 6.42 Å². The average Bonchev–Trinajstić information content (AvgIpc) is 3.38. The smallest absolute Gasteiger partial charge is 0.130 e. The van der Waals surface area contributed by atoms with Crippen LogP contribution in [0.4, 0.5) is 0 Å². The van der Waals surface area contributed by atoms with Crippen LogP contribution in [0.15, 0.2) is 95.6 Å². The van der Waals surface area contributed by atoms with Crippen LogP contribution in [-0.2, 0) is 6.42 Å². The molecule has 3 aromatic carbocycles. The van der Waals surface area contributed by atoms with E-state index >= 15 is 0 Å². The Morgan fingerprint density at radius 3 is 2.15 bits per heavy atom. The zero-order chi connectivity index (χ0) is 17.3. The van der Waals surface area contributed by atoms with Gasteiger partial charge in [0.15, 0.2) is 0 Å². The minimum Gasteiger partial charge on any atom is -0.465 e. The quantitative estimate of drug-likeness (QED) is 0.406. The first-order chi connectivity index (χ1) is 12.9. The molecule has 0 amide bonds. The molecule has 0 saturated heterocycles. The Hall–Kier alpha value is -3.32. The van der Waals surface area contributed by atoms with E-state index in [-0.39, 0.29) is 0 Å². The number of rotatable bonds is 3. The summed E-state index contributed by atoms with van der Waals surface area (Å²) in [7, 11) is 0. The van der Waals surface area contributed by atoms with E-state index in [1.54, 1.807) is 6.26 Å². The van der Waals surface area contributed by atoms with Crippen LogP contribution in [-0.4, -0.2) is 0 Å². The summed E-state index contributed by atoms with van der Waals surface area (Å²) in [5.74, 6) is 0.964. The Balaban J connectivity index is 1.53. The first-order valence-electron chi connectivity index (χ1n) is 8.91. The summed E-state index contributed by atoms with van der Waals surface area (Å²) in [4.78, 5) is 0. The molecule has 5 rings (SSSR count). The topological polar surface area (TPSA) is 13.1 Å². The minimum atomic E-state index is 0.929. The summed E-state index contributed by atoms with van der Waals surface area (Å²) >= 11 is 0. The summed E-state index contributed by atoms with van der Waals surface area (Å²) in [6.45, 7) is 0. The van der Waals surface area contributed by atoms with Gasteiger partial charge in [0.1, 0.15) is 5.76 Å². The maximum absolute atomic E-state index is 5.59. The minimum absolute atomic E-state index is 0.929. The largest absolute Gasteiger partial charge is 0.465 e. The molecule has 1 nitrogen and oxygen atoms in total. The van der Waals surface area contributed by atoms with Gasteiger partial charge in [-0.05, 0) is 57.2 Å². The van der Waals surface area contributed by atoms with Gasteiger partial charge in [-0.3, -0.25) is 0 Å². The fourth-order valence-electron chi connectivity index (χ4n) is 3.71. The highest BCUT2D eigenvalue weighted by atomic mass is 16.3. The molecule has 0 unspecified atom stereocenters. The van der Waals surface area contributed by atoms with Crippen LogP contribution in [0, 0.1) is 0 Å². The summed E-state index contributed by atoms with van der Waals surface area (Å²) in [6, 6.07) is 29.9. The molecule has 1 aliphatic carbocycles. The summed E-state index contributed by atoms with van der Waals surface area (Å²) in [6.07, 6.45) is 4.94. The first-order valence-corrected chi connectivity index (χ1v) is 8.91. The predicted molar refractivity (Wildman–Crippen MR) is 108 cm³/mol. The second-order valence-corrected chi connectivity index (χ2v) is 6.65. The fourth-order valence-corrected chi connectivity index (χ4v) is 3.71. The van der Waals surface area contributed by atoms with Crippen molar-refractivity contribution in [1.29, 1.82) is 0 Å². The molecule has 0 radical (unpaired) electrons. The van der Waals surface area contributed by atoms with Gasteiger partial charge < -0.3 is 4.42 Å². The van der Waals surface area contributed by atoms with Crippen molar-refractivity contribution in [3.63, 3.8) is 0 Å². The highest BCUT2D eigenvalue weighted by Gasteiger charge is 2.19. The summed E-state index contributed by atoms with van der Waals surface area (Å²) in [5.41, 5.74) is 8.94. The monoisotopic (exact) mass is 334 g/mol. The van der Waals surface area contributed by atoms with Gasteiger partial charge in [-0.2, -0.15) is 0 Å². The van der Waals surface area contributed by atoms with Crippen molar-refractivity contribution < 1.29 is 4.42 Å². The van der Waals surface area contributed by atoms with Crippen LogP contribution in [0.1, 0.15) is 16.9 Å². The van der Waals surface area contributed by atoms with Gasteiger partial charge in [0.05, 0.1) is 6.26 Å². The molecule has 1 heterocycles. The SMILES string of the molecule is C1=C(c2ccco2)Cc2cccc(-c3ccc(-c4ccccc4)cc3)c21. The van der Waals surface area contributed by atoms with Crippen LogP contribution < -0.4 is 0 Å². The highest BCUT2D eigenvalue weighted by Crippen LogP contribution is 2.38. The molecule has 0 atom stereocenters. The summed E-state index contributed by atoms with van der Waals surface area (Å²) < 4.78 is 5.59. The second kappa shape index (κ2) is 6.20. The third kappa shape index (κ3) is 2.58. The van der Waals surface area contributed by atoms with Gasteiger partial charge >= 0.3 is 0 Å². The van der Waals surface area contributed by atoms with Crippen molar-refractivity contribution in [3.05, 3.63) is 108 Å². The predicted octanol–water partition coefficient (Wildman–Crippen LogP) is 6.71. The third-order valence-corrected chi connectivity index (χ3v) is 5.04. The third-order valence-electron chi connectivity index (χ3n) is 5.04. The molecule has 1 aromatic heterocycles. The molecule has 4 aromatic rings. The maximum Gasteiger partial charge on any atom is 0.130 e. The van der Waals surface area contributed by atoms with Crippen LogP contribution in [0.25, 0.3) is 33.9 Å². The van der Waals surface area contributed by atoms with E-state index < -0.39 is 0 Å². The fraction of sp³-hybridized carbons (Fsp3) is 0.0400. The lowest BCUT2D eigenvalue weighted by Crippen LogP contribution is -1.87. The van der Waals surface area contributed by atoms with E-state index in [1.807, 2.05) is 18.2 Å². The molecule has 0 aliphatic heterocycles. The molecule has 0 fully saturated rings. The number of hydrogen-bond donors (Lipinski definition) is 0. The van der Waals surface area contributed by atoms with Gasteiger partial charge in [-0.25, -0.2) is 0 Å². The van der Waals surface area contributed by atoms with E-state index in [0.717, 1.165) is 12.2 Å². The molecule has 26 heavy (non-hydrogen) atoms. The van der Waals surface area contributed by atoms with Gasteiger partial charge in [-0.15, -0.1) is 0 Å². The van der Waals surface area contributed by atoms with Crippen LogP contribution in [0.5, 0.6) is 0 Å². The maximum atomic E-state index is 5.59. The Labute approximate surface area is 153 Å². The number of benzene rings is 3. The average molecular weight is 334 g/mol. The van der Waals surface area contributed by atoms with E-state index in [0.29, 0.717) is 0 Å². The number of fused-ring (bicyclic) bond motifs is 1. The second-order valence-electron chi connectivity index (χ2n) is 6.65. The zero-order valence-corrected chi connectivity index (χ0v) is 14.4. The lowest BCUT2D eigenvalue weighted by molar-refractivity contribution is 0.552. The van der Waals surface area contributed by atoms with Crippen molar-refractivity contribution in [1.82, 2.24) is 0 Å². The van der Waals surface area contributed by atoms with E-state index in [4.69, 9.17) is 4.42 Å².